The molecule has 0 unspecified atom stereocenters. The second kappa shape index (κ2) is 7.39. The van der Waals surface area contributed by atoms with Gasteiger partial charge in [0.1, 0.15) is 11.2 Å². The zero-order valence-electron chi connectivity index (χ0n) is 18.1. The third kappa shape index (κ3) is 2.61. The van der Waals surface area contributed by atoms with E-state index in [4.69, 9.17) is 0 Å². The summed E-state index contributed by atoms with van der Waals surface area (Å²) in [5.74, 6) is -1.40. The first kappa shape index (κ1) is 20.4. The lowest BCUT2D eigenvalue weighted by atomic mass is 9.69. The predicted octanol–water partition coefficient (Wildman–Crippen LogP) is 5.01. The molecule has 0 aliphatic heterocycles. The van der Waals surface area contributed by atoms with Gasteiger partial charge in [-0.15, -0.1) is 0 Å². The topological polar surface area (TPSA) is 60.7 Å². The molecule has 0 spiro atoms. The second-order valence-electron chi connectivity index (χ2n) is 9.28. The number of aliphatic hydroxyl groups excluding tert-OH is 1. The van der Waals surface area contributed by atoms with E-state index in [0.29, 0.717) is 16.7 Å². The largest absolute Gasteiger partial charge is 0.388 e. The molecule has 0 heterocycles. The highest BCUT2D eigenvalue weighted by atomic mass is 16.4. The number of hydrogen-bond donors (Lipinski definition) is 3. The van der Waals surface area contributed by atoms with Gasteiger partial charge < -0.3 is 15.3 Å². The Kier molecular flexibility index (Phi) is 4.56. The molecule has 3 N–H and O–H groups in total. The summed E-state index contributed by atoms with van der Waals surface area (Å²) in [5, 5.41) is 37.1. The quantitative estimate of drug-likeness (QED) is 0.425. The Balaban J connectivity index is 1.72. The molecule has 164 valence electrons. The Hall–Kier alpha value is -3.24. The van der Waals surface area contributed by atoms with Gasteiger partial charge in [0.25, 0.3) is 0 Å². The van der Waals surface area contributed by atoms with Crippen molar-refractivity contribution in [1.82, 2.24) is 0 Å². The highest BCUT2D eigenvalue weighted by Crippen LogP contribution is 2.73. The number of fused-ring (bicyclic) bond motifs is 3. The van der Waals surface area contributed by atoms with Crippen LogP contribution in [0.4, 0.5) is 0 Å². The van der Waals surface area contributed by atoms with Gasteiger partial charge in [-0.1, -0.05) is 115 Å². The normalized spacial score (nSPS) is 32.3. The van der Waals surface area contributed by atoms with Gasteiger partial charge in [-0.25, -0.2) is 0 Å². The van der Waals surface area contributed by atoms with E-state index in [1.165, 1.54) is 0 Å². The van der Waals surface area contributed by atoms with Crippen molar-refractivity contribution >= 4 is 0 Å². The van der Waals surface area contributed by atoms with Crippen LogP contribution >= 0.6 is 0 Å². The van der Waals surface area contributed by atoms with Crippen molar-refractivity contribution in [3.8, 4) is 0 Å². The first-order chi connectivity index (χ1) is 16.1. The van der Waals surface area contributed by atoms with Crippen molar-refractivity contribution in [3.05, 3.63) is 143 Å². The molecule has 2 aliphatic carbocycles. The third-order valence-corrected chi connectivity index (χ3v) is 7.85. The van der Waals surface area contributed by atoms with Crippen LogP contribution < -0.4 is 0 Å². The molecule has 1 fully saturated rings. The molecule has 0 saturated heterocycles. The molecule has 0 amide bonds. The van der Waals surface area contributed by atoms with Crippen molar-refractivity contribution in [2.75, 3.05) is 0 Å². The van der Waals surface area contributed by atoms with Gasteiger partial charge in [-0.3, -0.25) is 0 Å². The van der Waals surface area contributed by atoms with Gasteiger partial charge in [0.05, 0.1) is 6.10 Å². The highest BCUT2D eigenvalue weighted by molar-refractivity contribution is 5.54. The van der Waals surface area contributed by atoms with Crippen LogP contribution in [0.25, 0.3) is 0 Å². The Morgan fingerprint density at radius 3 is 1.70 bits per heavy atom. The van der Waals surface area contributed by atoms with Crippen LogP contribution in [-0.4, -0.2) is 15.3 Å². The summed E-state index contributed by atoms with van der Waals surface area (Å²) in [4.78, 5) is 0. The lowest BCUT2D eigenvalue weighted by Gasteiger charge is -2.42. The van der Waals surface area contributed by atoms with Crippen LogP contribution in [0, 0.1) is 5.92 Å². The summed E-state index contributed by atoms with van der Waals surface area (Å²) in [5.41, 5.74) is 0.534. The Bertz CT molecular complexity index is 1270. The van der Waals surface area contributed by atoms with E-state index >= 15 is 0 Å². The smallest absolute Gasteiger partial charge is 0.130 e. The third-order valence-electron chi connectivity index (χ3n) is 7.85. The first-order valence-electron chi connectivity index (χ1n) is 11.5. The van der Waals surface area contributed by atoms with Crippen LogP contribution in [0.15, 0.2) is 115 Å². The van der Waals surface area contributed by atoms with Crippen LogP contribution in [0.1, 0.15) is 45.8 Å². The summed E-state index contributed by atoms with van der Waals surface area (Å²) < 4.78 is 0. The van der Waals surface area contributed by atoms with Gasteiger partial charge in [0, 0.05) is 17.8 Å². The molecule has 4 aromatic carbocycles. The maximum Gasteiger partial charge on any atom is 0.130 e. The van der Waals surface area contributed by atoms with Crippen LogP contribution in [0.3, 0.4) is 0 Å². The van der Waals surface area contributed by atoms with Gasteiger partial charge in [0.15, 0.2) is 0 Å². The summed E-state index contributed by atoms with van der Waals surface area (Å²) in [7, 11) is 0. The minimum Gasteiger partial charge on any atom is -0.388 e. The number of hydrogen-bond acceptors (Lipinski definition) is 3. The summed E-state index contributed by atoms with van der Waals surface area (Å²) in [6, 6.07) is 36.8. The molecule has 2 aliphatic rings. The Morgan fingerprint density at radius 2 is 1.06 bits per heavy atom. The molecule has 3 heteroatoms. The number of aliphatic hydroxyl groups is 3. The molecular weight excluding hydrogens is 408 g/mol. The number of benzene rings is 4. The number of rotatable bonds is 3. The molecule has 1 saturated carbocycles. The summed E-state index contributed by atoms with van der Waals surface area (Å²) >= 11 is 0. The van der Waals surface area contributed by atoms with E-state index in [9.17, 15) is 15.3 Å². The minimum atomic E-state index is -1.68. The molecule has 0 radical (unpaired) electrons. The van der Waals surface area contributed by atoms with Gasteiger partial charge >= 0.3 is 0 Å². The lowest BCUT2D eigenvalue weighted by molar-refractivity contribution is -0.174. The van der Waals surface area contributed by atoms with Gasteiger partial charge in [-0.05, 0) is 27.8 Å². The lowest BCUT2D eigenvalue weighted by Crippen LogP contribution is -2.49. The molecule has 4 aromatic rings. The summed E-state index contributed by atoms with van der Waals surface area (Å²) in [6.45, 7) is 0. The van der Waals surface area contributed by atoms with Crippen molar-refractivity contribution in [3.63, 3.8) is 0 Å². The average molecular weight is 435 g/mol. The fraction of sp³-hybridized carbons (Fsp3) is 0.200. The second-order valence-corrected chi connectivity index (χ2v) is 9.28. The van der Waals surface area contributed by atoms with E-state index in [0.717, 1.165) is 11.1 Å². The van der Waals surface area contributed by atoms with E-state index in [1.807, 2.05) is 115 Å². The molecule has 0 aromatic heterocycles. The van der Waals surface area contributed by atoms with E-state index < -0.39 is 29.1 Å². The molecular formula is C30H26O3. The fourth-order valence-electron chi connectivity index (χ4n) is 6.60. The minimum absolute atomic E-state index is 0.314. The molecule has 6 atom stereocenters. The van der Waals surface area contributed by atoms with E-state index in [2.05, 4.69) is 0 Å². The van der Waals surface area contributed by atoms with Gasteiger partial charge in [0.2, 0.25) is 0 Å². The molecule has 33 heavy (non-hydrogen) atoms. The van der Waals surface area contributed by atoms with Crippen LogP contribution in [-0.2, 0) is 11.2 Å². The zero-order valence-corrected chi connectivity index (χ0v) is 18.1. The molecule has 0 bridgehead atoms. The zero-order chi connectivity index (χ0) is 22.6. The van der Waals surface area contributed by atoms with Crippen molar-refractivity contribution < 1.29 is 15.3 Å². The van der Waals surface area contributed by atoms with Gasteiger partial charge in [-0.2, -0.15) is 0 Å². The van der Waals surface area contributed by atoms with E-state index in [1.54, 1.807) is 0 Å². The maximum absolute atomic E-state index is 12.8. The Morgan fingerprint density at radius 1 is 0.545 bits per heavy atom. The molecule has 3 nitrogen and oxygen atoms in total. The molecule has 6 rings (SSSR count). The fourth-order valence-corrected chi connectivity index (χ4v) is 6.60. The predicted molar refractivity (Wildman–Crippen MR) is 127 cm³/mol. The van der Waals surface area contributed by atoms with Crippen LogP contribution in [0.5, 0.6) is 0 Å². The highest BCUT2D eigenvalue weighted by Gasteiger charge is 2.74. The average Bonchev–Trinajstić information content (AvgIpc) is 3.24. The first-order valence-corrected chi connectivity index (χ1v) is 11.5. The van der Waals surface area contributed by atoms with Crippen molar-refractivity contribution in [2.45, 2.75) is 29.1 Å². The monoisotopic (exact) mass is 434 g/mol. The SMILES string of the molecule is O[C@@H]1c2ccccc2[C@@]2(O)[C@H]1[C@H](c1ccccc1)[C@@H](c1ccccc1)[C@]2(O)c1ccccc1. The standard InChI is InChI=1S/C30H26O3/c31-28-23-18-10-11-19-24(23)30(33)27(28)25(20-12-4-1-5-13-20)26(21-14-6-2-7-15-21)29(30,32)22-16-8-3-9-17-22/h1-19,25-28,31-33H/t25-,26-,27+,28-,29-,30-/m1/s1. The van der Waals surface area contributed by atoms with E-state index in [-0.39, 0.29) is 5.92 Å². The Labute approximate surface area is 193 Å². The maximum atomic E-state index is 12.8. The van der Waals surface area contributed by atoms with Crippen molar-refractivity contribution in [1.29, 1.82) is 0 Å². The summed E-state index contributed by atoms with van der Waals surface area (Å²) in [6.07, 6.45) is -0.902. The van der Waals surface area contributed by atoms with Crippen molar-refractivity contribution in [2.24, 2.45) is 5.92 Å². The van der Waals surface area contributed by atoms with Crippen LogP contribution in [0.2, 0.25) is 0 Å².